The zero-order valence-corrected chi connectivity index (χ0v) is 25.0. The van der Waals surface area contributed by atoms with Gasteiger partial charge in [0.2, 0.25) is 5.95 Å². The number of thioether (sulfide) groups is 1. The van der Waals surface area contributed by atoms with E-state index < -0.39 is 11.6 Å². The number of nitrogens with one attached hydrogen (secondary N) is 1. The molecule has 1 aliphatic rings. The second-order valence-electron chi connectivity index (χ2n) is 10.5. The standard InChI is InChI=1S/C30H39F2N7S/c1-8-38-13-11-21(12-14-38)29(40-7)19(4)9-10-26(33-6)36-30-34-17-24(32)27(37-30)22-15-23(31)28-25(16-22)39(18(2)3)20(5)35-28/h9-10,15-18,21,29H,6,8,11-14H2,1-5,7H3,(H,34,36,37)/b19-9+,26-10+. The Labute approximate surface area is 239 Å². The van der Waals surface area contributed by atoms with E-state index >= 15 is 4.39 Å². The maximum absolute atomic E-state index is 15.0. The molecule has 0 spiro atoms. The highest BCUT2D eigenvalue weighted by Gasteiger charge is 2.26. The van der Waals surface area contributed by atoms with Crippen LogP contribution in [0.25, 0.3) is 22.3 Å². The molecule has 1 fully saturated rings. The fourth-order valence-electron chi connectivity index (χ4n) is 5.56. The van der Waals surface area contributed by atoms with Crippen LogP contribution in [-0.4, -0.2) is 62.3 Å². The topological polar surface area (TPSA) is 71.2 Å². The molecule has 1 N–H and O–H groups in total. The number of aryl methyl sites for hydroxylation is 1. The summed E-state index contributed by atoms with van der Waals surface area (Å²) >= 11 is 1.88. The molecule has 3 aromatic rings. The van der Waals surface area contributed by atoms with E-state index in [9.17, 15) is 4.39 Å². The maximum Gasteiger partial charge on any atom is 0.229 e. The first-order valence-electron chi connectivity index (χ1n) is 13.7. The second kappa shape index (κ2) is 13.0. The van der Waals surface area contributed by atoms with E-state index in [4.69, 9.17) is 0 Å². The van der Waals surface area contributed by atoms with Crippen LogP contribution in [0, 0.1) is 24.5 Å². The van der Waals surface area contributed by atoms with Gasteiger partial charge >= 0.3 is 0 Å². The number of rotatable bonds is 10. The van der Waals surface area contributed by atoms with Crippen LogP contribution >= 0.6 is 11.8 Å². The van der Waals surface area contributed by atoms with Crippen molar-refractivity contribution in [1.29, 1.82) is 0 Å². The van der Waals surface area contributed by atoms with Crippen LogP contribution in [0.4, 0.5) is 14.7 Å². The van der Waals surface area contributed by atoms with Crippen molar-refractivity contribution < 1.29 is 8.78 Å². The minimum atomic E-state index is -0.651. The Morgan fingerprint density at radius 3 is 2.55 bits per heavy atom. The van der Waals surface area contributed by atoms with Gasteiger partial charge < -0.3 is 14.8 Å². The summed E-state index contributed by atoms with van der Waals surface area (Å²) in [7, 11) is 0. The number of aromatic nitrogens is 4. The predicted molar refractivity (Wildman–Crippen MR) is 163 cm³/mol. The summed E-state index contributed by atoms with van der Waals surface area (Å²) in [5.74, 6) is 0.724. The molecular formula is C30H39F2N7S. The first-order valence-corrected chi connectivity index (χ1v) is 15.0. The zero-order chi connectivity index (χ0) is 29.0. The number of hydrogen-bond donors (Lipinski definition) is 1. The van der Waals surface area contributed by atoms with Crippen molar-refractivity contribution in [3.63, 3.8) is 0 Å². The van der Waals surface area contributed by atoms with E-state index in [1.54, 1.807) is 6.07 Å². The van der Waals surface area contributed by atoms with Crippen molar-refractivity contribution in [3.05, 3.63) is 59.3 Å². The van der Waals surface area contributed by atoms with E-state index in [-0.39, 0.29) is 23.2 Å². The number of fused-ring (bicyclic) bond motifs is 1. The van der Waals surface area contributed by atoms with Crippen molar-refractivity contribution in [1.82, 2.24) is 24.4 Å². The summed E-state index contributed by atoms with van der Waals surface area (Å²) < 4.78 is 31.9. The van der Waals surface area contributed by atoms with E-state index in [1.807, 2.05) is 49.3 Å². The van der Waals surface area contributed by atoms with Gasteiger partial charge in [-0.1, -0.05) is 18.6 Å². The van der Waals surface area contributed by atoms with Gasteiger partial charge in [-0.15, -0.1) is 0 Å². The molecule has 0 radical (unpaired) electrons. The minimum absolute atomic E-state index is 0.0107. The molecule has 1 aliphatic heterocycles. The molecule has 0 saturated carbocycles. The van der Waals surface area contributed by atoms with Gasteiger partial charge in [0, 0.05) is 16.9 Å². The van der Waals surface area contributed by atoms with Crippen LogP contribution in [-0.2, 0) is 0 Å². The number of benzene rings is 1. The highest BCUT2D eigenvalue weighted by atomic mass is 32.2. The van der Waals surface area contributed by atoms with Crippen LogP contribution in [0.15, 0.2) is 46.9 Å². The van der Waals surface area contributed by atoms with Crippen LogP contribution < -0.4 is 5.32 Å². The third-order valence-electron chi connectivity index (χ3n) is 7.58. The van der Waals surface area contributed by atoms with Crippen molar-refractivity contribution in [3.8, 4) is 11.3 Å². The highest BCUT2D eigenvalue weighted by molar-refractivity contribution is 7.99. The van der Waals surface area contributed by atoms with Crippen LogP contribution in [0.5, 0.6) is 0 Å². The first kappa shape index (κ1) is 29.9. The molecule has 0 aliphatic carbocycles. The summed E-state index contributed by atoms with van der Waals surface area (Å²) in [6.45, 7) is 17.2. The average Bonchev–Trinajstić information content (AvgIpc) is 3.29. The van der Waals surface area contributed by atoms with Crippen molar-refractivity contribution in [2.45, 2.75) is 58.8 Å². The Hall–Kier alpha value is -3.11. The number of piperidine rings is 1. The monoisotopic (exact) mass is 567 g/mol. The van der Waals surface area contributed by atoms with Gasteiger partial charge in [0.25, 0.3) is 0 Å². The molecule has 1 unspecified atom stereocenters. The highest BCUT2D eigenvalue weighted by Crippen LogP contribution is 2.33. The van der Waals surface area contributed by atoms with Crippen LogP contribution in [0.1, 0.15) is 52.4 Å². The van der Waals surface area contributed by atoms with Crippen LogP contribution in [0.3, 0.4) is 0 Å². The Morgan fingerprint density at radius 1 is 1.20 bits per heavy atom. The fourth-order valence-corrected chi connectivity index (χ4v) is 6.67. The molecular weight excluding hydrogens is 528 g/mol. The van der Waals surface area contributed by atoms with Crippen molar-refractivity contribution in [2.24, 2.45) is 10.9 Å². The summed E-state index contributed by atoms with van der Waals surface area (Å²) in [6.07, 6.45) is 9.50. The summed E-state index contributed by atoms with van der Waals surface area (Å²) in [6, 6.07) is 3.04. The lowest BCUT2D eigenvalue weighted by Gasteiger charge is -2.35. The molecule has 1 atom stereocenters. The Morgan fingerprint density at radius 2 is 1.93 bits per heavy atom. The number of hydrogen-bond acceptors (Lipinski definition) is 7. The lowest BCUT2D eigenvalue weighted by molar-refractivity contribution is 0.194. The fraction of sp³-hybridized carbons (Fsp3) is 0.467. The van der Waals surface area contributed by atoms with Gasteiger partial charge in [-0.05, 0) is 97.3 Å². The van der Waals surface area contributed by atoms with E-state index in [0.717, 1.165) is 25.8 Å². The SMILES string of the molecule is C=N/C(=C\C=C(/C)C(SC)C1CCN(CC)CC1)Nc1ncc(F)c(-c2cc(F)c3nc(C)n(C(C)C)c3c2)n1. The summed E-state index contributed by atoms with van der Waals surface area (Å²) in [4.78, 5) is 19.4. The molecule has 7 nitrogen and oxygen atoms in total. The largest absolute Gasteiger partial charge is 0.326 e. The molecule has 1 saturated heterocycles. The lowest BCUT2D eigenvalue weighted by atomic mass is 9.89. The molecule has 4 rings (SSSR count). The van der Waals surface area contributed by atoms with Crippen molar-refractivity contribution in [2.75, 3.05) is 31.2 Å². The number of aliphatic imine (C=N–C) groups is 1. The van der Waals surface area contributed by atoms with Gasteiger partial charge in [0.05, 0.1) is 11.7 Å². The summed E-state index contributed by atoms with van der Waals surface area (Å²) in [5.41, 5.74) is 2.40. The third-order valence-corrected chi connectivity index (χ3v) is 8.85. The van der Waals surface area contributed by atoms with Gasteiger partial charge in [0.1, 0.15) is 22.9 Å². The maximum atomic E-state index is 15.0. The smallest absolute Gasteiger partial charge is 0.229 e. The number of anilines is 1. The Balaban J connectivity index is 1.58. The molecule has 0 amide bonds. The Kier molecular flexibility index (Phi) is 9.73. The number of allylic oxidation sites excluding steroid dienone is 2. The normalized spacial score (nSPS) is 16.6. The lowest BCUT2D eigenvalue weighted by Crippen LogP contribution is -2.37. The average molecular weight is 568 g/mol. The van der Waals surface area contributed by atoms with E-state index in [2.05, 4.69) is 57.0 Å². The molecule has 0 bridgehead atoms. The van der Waals surface area contributed by atoms with E-state index in [0.29, 0.717) is 33.9 Å². The first-order chi connectivity index (χ1) is 19.2. The number of imidazole rings is 1. The van der Waals surface area contributed by atoms with Crippen LogP contribution in [0.2, 0.25) is 0 Å². The summed E-state index contributed by atoms with van der Waals surface area (Å²) in [5, 5.41) is 3.45. The number of halogens is 2. The molecule has 10 heteroatoms. The van der Waals surface area contributed by atoms with Gasteiger partial charge in [-0.3, -0.25) is 0 Å². The molecule has 3 heterocycles. The third kappa shape index (κ3) is 6.44. The van der Waals surface area contributed by atoms with Gasteiger partial charge in [-0.2, -0.15) is 11.8 Å². The Bertz CT molecular complexity index is 1420. The van der Waals surface area contributed by atoms with Gasteiger partial charge in [-0.25, -0.2) is 28.7 Å². The quantitative estimate of drug-likeness (QED) is 0.210. The number of nitrogens with zero attached hydrogens (tertiary/aromatic N) is 6. The van der Waals surface area contributed by atoms with Gasteiger partial charge in [0.15, 0.2) is 11.6 Å². The zero-order valence-electron chi connectivity index (χ0n) is 24.2. The predicted octanol–water partition coefficient (Wildman–Crippen LogP) is 7.02. The molecule has 40 heavy (non-hydrogen) atoms. The second-order valence-corrected chi connectivity index (χ2v) is 11.5. The van der Waals surface area contributed by atoms with Crippen molar-refractivity contribution >= 4 is 35.5 Å². The van der Waals surface area contributed by atoms with E-state index in [1.165, 1.54) is 24.5 Å². The minimum Gasteiger partial charge on any atom is -0.326 e. The number of likely N-dealkylation sites (tertiary alicyclic amines) is 1. The molecule has 214 valence electrons. The molecule has 1 aromatic carbocycles. The molecule has 2 aromatic heterocycles.